The van der Waals surface area contributed by atoms with Crippen LogP contribution in [0.5, 0.6) is 5.75 Å². The molecule has 5 aromatic rings. The fourth-order valence-corrected chi connectivity index (χ4v) is 4.85. The second-order valence-electron chi connectivity index (χ2n) is 9.60. The van der Waals surface area contributed by atoms with Crippen molar-refractivity contribution in [3.63, 3.8) is 0 Å². The number of nitrogens with zero attached hydrogens (tertiary/aromatic N) is 1. The summed E-state index contributed by atoms with van der Waals surface area (Å²) in [7, 11) is 0. The maximum Gasteiger partial charge on any atom is 0.252 e. The zero-order valence-corrected chi connectivity index (χ0v) is 20.5. The first-order valence-electron chi connectivity index (χ1n) is 12.2. The molecular formula is C31H23FN2O4. The molecule has 2 N–H and O–H groups in total. The molecule has 188 valence electrons. The van der Waals surface area contributed by atoms with Crippen LogP contribution in [0, 0.1) is 12.7 Å². The van der Waals surface area contributed by atoms with Gasteiger partial charge in [0.1, 0.15) is 22.9 Å². The zero-order chi connectivity index (χ0) is 26.4. The lowest BCUT2D eigenvalue weighted by Gasteiger charge is -2.18. The molecule has 6 rings (SSSR count). The lowest BCUT2D eigenvalue weighted by atomic mass is 9.95. The summed E-state index contributed by atoms with van der Waals surface area (Å²) in [6.07, 6.45) is 4.01. The first kappa shape index (κ1) is 23.6. The molecular weight excluding hydrogens is 483 g/mol. The largest absolute Gasteiger partial charge is 0.508 e. The average Bonchev–Trinajstić information content (AvgIpc) is 3.62. The molecule has 1 saturated carbocycles. The second kappa shape index (κ2) is 8.95. The molecule has 0 unspecified atom stereocenters. The minimum Gasteiger partial charge on any atom is -0.508 e. The normalized spacial score (nSPS) is 13.8. The van der Waals surface area contributed by atoms with Crippen LogP contribution < -0.4 is 5.32 Å². The van der Waals surface area contributed by atoms with Crippen molar-refractivity contribution in [3.8, 4) is 28.2 Å². The highest BCUT2D eigenvalue weighted by molar-refractivity contribution is 6.04. The number of carbonyl (C=O) groups is 2. The fraction of sp³-hybridized carbons (Fsp3) is 0.129. The van der Waals surface area contributed by atoms with Crippen LogP contribution in [0.15, 0.2) is 83.4 Å². The lowest BCUT2D eigenvalue weighted by molar-refractivity contribution is 0.0929. The third kappa shape index (κ3) is 4.02. The van der Waals surface area contributed by atoms with Gasteiger partial charge in [-0.15, -0.1) is 0 Å². The van der Waals surface area contributed by atoms with Crippen LogP contribution >= 0.6 is 0 Å². The number of benzene rings is 3. The van der Waals surface area contributed by atoms with E-state index in [9.17, 15) is 19.1 Å². The van der Waals surface area contributed by atoms with E-state index >= 15 is 0 Å². The van der Waals surface area contributed by atoms with E-state index in [0.29, 0.717) is 50.1 Å². The van der Waals surface area contributed by atoms with Crippen LogP contribution in [0.25, 0.3) is 33.4 Å². The summed E-state index contributed by atoms with van der Waals surface area (Å²) in [6, 6.07) is 19.9. The molecule has 2 aromatic heterocycles. The first-order valence-corrected chi connectivity index (χ1v) is 12.2. The number of phenols is 1. The number of hydrogen-bond donors (Lipinski definition) is 2. The quantitative estimate of drug-likeness (QED) is 0.255. The summed E-state index contributed by atoms with van der Waals surface area (Å²) in [5.41, 5.74) is 4.02. The number of aromatic nitrogens is 1. The summed E-state index contributed by atoms with van der Waals surface area (Å²) in [5, 5.41) is 14.4. The van der Waals surface area contributed by atoms with Crippen molar-refractivity contribution >= 4 is 23.2 Å². The number of halogens is 1. The molecule has 0 radical (unpaired) electrons. The van der Waals surface area contributed by atoms with Gasteiger partial charge >= 0.3 is 0 Å². The highest BCUT2D eigenvalue weighted by Crippen LogP contribution is 2.45. The molecule has 0 saturated heterocycles. The SMILES string of the molecule is Cc1c(O)cc(C(=O)NC2(c3ccccn3)CC2)cc1-c1ccc2oc(-c3ccc(F)cc3)c(C=O)c2c1. The second-order valence-corrected chi connectivity index (χ2v) is 9.60. The van der Waals surface area contributed by atoms with E-state index in [-0.39, 0.29) is 17.5 Å². The highest BCUT2D eigenvalue weighted by Gasteiger charge is 2.47. The summed E-state index contributed by atoms with van der Waals surface area (Å²) >= 11 is 0. The van der Waals surface area contributed by atoms with Gasteiger partial charge in [0.05, 0.1) is 16.8 Å². The molecule has 7 heteroatoms. The Bertz CT molecular complexity index is 1700. The smallest absolute Gasteiger partial charge is 0.252 e. The predicted molar refractivity (Wildman–Crippen MR) is 141 cm³/mol. The topological polar surface area (TPSA) is 92.4 Å². The van der Waals surface area contributed by atoms with E-state index in [1.54, 1.807) is 43.5 Å². The van der Waals surface area contributed by atoms with Crippen LogP contribution in [0.3, 0.4) is 0 Å². The number of carbonyl (C=O) groups excluding carboxylic acids is 2. The molecule has 1 amide bonds. The summed E-state index contributed by atoms with van der Waals surface area (Å²) in [5.74, 6) is -0.345. The Morgan fingerprint density at radius 3 is 2.50 bits per heavy atom. The first-order chi connectivity index (χ1) is 18.4. The van der Waals surface area contributed by atoms with Gasteiger partial charge in [-0.2, -0.15) is 0 Å². The Morgan fingerprint density at radius 1 is 1.05 bits per heavy atom. The van der Waals surface area contributed by atoms with Gasteiger partial charge in [0.25, 0.3) is 5.91 Å². The summed E-state index contributed by atoms with van der Waals surface area (Å²) < 4.78 is 19.4. The van der Waals surface area contributed by atoms with Crippen LogP contribution in [0.2, 0.25) is 0 Å². The number of aldehydes is 1. The standard InChI is InChI=1S/C31H23FN2O4/c1-18-23(15-21(16-26(18)36)30(37)34-31(11-12-31)28-4-2-3-13-33-28)20-7-10-27-24(14-20)25(17-35)29(38-27)19-5-8-22(32)9-6-19/h2-10,13-17,36H,11-12H2,1H3,(H,34,37). The molecule has 0 atom stereocenters. The van der Waals surface area contributed by atoms with Gasteiger partial charge in [-0.05, 0) is 97.1 Å². The maximum atomic E-state index is 13.4. The molecule has 2 heterocycles. The molecule has 1 fully saturated rings. The molecule has 1 aliphatic rings. The van der Waals surface area contributed by atoms with E-state index in [1.165, 1.54) is 18.2 Å². The molecule has 3 aromatic carbocycles. The van der Waals surface area contributed by atoms with Crippen molar-refractivity contribution in [3.05, 3.63) is 107 Å². The number of nitrogens with one attached hydrogen (secondary N) is 1. The zero-order valence-electron chi connectivity index (χ0n) is 20.5. The van der Waals surface area contributed by atoms with Gasteiger partial charge < -0.3 is 14.8 Å². The molecule has 38 heavy (non-hydrogen) atoms. The van der Waals surface area contributed by atoms with Gasteiger partial charge in [-0.25, -0.2) is 4.39 Å². The summed E-state index contributed by atoms with van der Waals surface area (Å²) in [6.45, 7) is 1.77. The third-order valence-electron chi connectivity index (χ3n) is 7.16. The van der Waals surface area contributed by atoms with Crippen molar-refractivity contribution in [2.45, 2.75) is 25.3 Å². The minimum absolute atomic E-state index is 0.00904. The predicted octanol–water partition coefficient (Wildman–Crippen LogP) is 6.55. The van der Waals surface area contributed by atoms with Crippen LogP contribution in [0.1, 0.15) is 44.8 Å². The number of amides is 1. The Labute approximate surface area is 217 Å². The van der Waals surface area contributed by atoms with Gasteiger partial charge in [0, 0.05) is 22.7 Å². The van der Waals surface area contributed by atoms with Crippen LogP contribution in [-0.2, 0) is 5.54 Å². The number of rotatable bonds is 6. The Kier molecular flexibility index (Phi) is 5.56. The Morgan fingerprint density at radius 2 is 1.82 bits per heavy atom. The maximum absolute atomic E-state index is 13.4. The number of pyridine rings is 1. The molecule has 0 spiro atoms. The molecule has 1 aliphatic carbocycles. The average molecular weight is 507 g/mol. The van der Waals surface area contributed by atoms with E-state index in [1.807, 2.05) is 24.3 Å². The van der Waals surface area contributed by atoms with Gasteiger partial charge in [0.2, 0.25) is 0 Å². The molecule has 6 nitrogen and oxygen atoms in total. The van der Waals surface area contributed by atoms with Gasteiger partial charge in [0.15, 0.2) is 6.29 Å². The molecule has 0 bridgehead atoms. The number of aromatic hydroxyl groups is 1. The van der Waals surface area contributed by atoms with Gasteiger partial charge in [-0.1, -0.05) is 12.1 Å². The van der Waals surface area contributed by atoms with Crippen molar-refractivity contribution in [1.29, 1.82) is 0 Å². The van der Waals surface area contributed by atoms with E-state index < -0.39 is 5.54 Å². The number of phenolic OH excluding ortho intramolecular Hbond substituents is 1. The van der Waals surface area contributed by atoms with Crippen LogP contribution in [-0.4, -0.2) is 22.3 Å². The Hall–Kier alpha value is -4.78. The van der Waals surface area contributed by atoms with Gasteiger partial charge in [-0.3, -0.25) is 14.6 Å². The lowest BCUT2D eigenvalue weighted by Crippen LogP contribution is -2.35. The van der Waals surface area contributed by atoms with E-state index in [4.69, 9.17) is 4.42 Å². The van der Waals surface area contributed by atoms with Crippen molar-refractivity contribution in [2.24, 2.45) is 0 Å². The number of fused-ring (bicyclic) bond motifs is 1. The van der Waals surface area contributed by atoms with E-state index in [2.05, 4.69) is 10.3 Å². The third-order valence-corrected chi connectivity index (χ3v) is 7.16. The number of furan rings is 1. The summed E-state index contributed by atoms with van der Waals surface area (Å²) in [4.78, 5) is 29.8. The van der Waals surface area contributed by atoms with Crippen LogP contribution in [0.4, 0.5) is 4.39 Å². The van der Waals surface area contributed by atoms with E-state index in [0.717, 1.165) is 24.8 Å². The molecule has 0 aliphatic heterocycles. The van der Waals surface area contributed by atoms with Crippen molar-refractivity contribution < 1.29 is 23.5 Å². The number of hydrogen-bond acceptors (Lipinski definition) is 5. The highest BCUT2D eigenvalue weighted by atomic mass is 19.1. The monoisotopic (exact) mass is 506 g/mol. The Balaban J connectivity index is 1.39. The minimum atomic E-state index is -0.496. The van der Waals surface area contributed by atoms with Crippen molar-refractivity contribution in [2.75, 3.05) is 0 Å². The fourth-order valence-electron chi connectivity index (χ4n) is 4.85. The van der Waals surface area contributed by atoms with Crippen molar-refractivity contribution in [1.82, 2.24) is 10.3 Å².